The van der Waals surface area contributed by atoms with Gasteiger partial charge in [0.25, 0.3) is 0 Å². The topological polar surface area (TPSA) is 89.9 Å². The Balaban J connectivity index is 1.83. The first kappa shape index (κ1) is 22.6. The zero-order valence-corrected chi connectivity index (χ0v) is 17.9. The fourth-order valence-corrected chi connectivity index (χ4v) is 3.36. The lowest BCUT2D eigenvalue weighted by atomic mass is 9.93. The van der Waals surface area contributed by atoms with Gasteiger partial charge in [-0.25, -0.2) is 4.99 Å². The highest BCUT2D eigenvalue weighted by Gasteiger charge is 2.23. The Kier molecular flexibility index (Phi) is 9.40. The second-order valence-electron chi connectivity index (χ2n) is 7.36. The number of pyridine rings is 1. The number of amides is 2. The highest BCUT2D eigenvalue weighted by molar-refractivity contribution is 5.85. The number of carbonyl (C=O) groups excluding carboxylic acids is 2. The van der Waals surface area contributed by atoms with Crippen LogP contribution in [0.1, 0.15) is 31.9 Å². The van der Waals surface area contributed by atoms with E-state index in [0.29, 0.717) is 18.9 Å². The standard InChI is InChI=1S/C21H34N6O2/c1-4-23-21(27-13-8-17(9-14-27)15-19(28)22-2)25-16-20(29)26(3)12-10-18-7-5-6-11-24-18/h5-7,11,17H,4,8-10,12-16H2,1-3H3,(H,22,28)(H,23,25). The van der Waals surface area contributed by atoms with Gasteiger partial charge in [0.05, 0.1) is 0 Å². The van der Waals surface area contributed by atoms with Crippen molar-refractivity contribution in [3.8, 4) is 0 Å². The molecule has 0 atom stereocenters. The van der Waals surface area contributed by atoms with E-state index in [-0.39, 0.29) is 18.4 Å². The Morgan fingerprint density at radius 3 is 2.69 bits per heavy atom. The first-order valence-electron chi connectivity index (χ1n) is 10.4. The molecule has 0 spiro atoms. The third-order valence-electron chi connectivity index (χ3n) is 5.22. The second-order valence-corrected chi connectivity index (χ2v) is 7.36. The van der Waals surface area contributed by atoms with Gasteiger partial charge in [0.15, 0.2) is 5.96 Å². The summed E-state index contributed by atoms with van der Waals surface area (Å²) in [5, 5.41) is 5.98. The maximum Gasteiger partial charge on any atom is 0.244 e. The molecular formula is C21H34N6O2. The molecule has 2 amide bonds. The highest BCUT2D eigenvalue weighted by Crippen LogP contribution is 2.20. The van der Waals surface area contributed by atoms with Crippen LogP contribution in [-0.2, 0) is 16.0 Å². The van der Waals surface area contributed by atoms with E-state index < -0.39 is 0 Å². The van der Waals surface area contributed by atoms with Crippen LogP contribution >= 0.6 is 0 Å². The van der Waals surface area contributed by atoms with E-state index in [1.807, 2.05) is 25.1 Å². The van der Waals surface area contributed by atoms with E-state index in [9.17, 15) is 9.59 Å². The fourth-order valence-electron chi connectivity index (χ4n) is 3.36. The zero-order valence-electron chi connectivity index (χ0n) is 17.9. The molecule has 1 aromatic heterocycles. The lowest BCUT2D eigenvalue weighted by molar-refractivity contribution is -0.128. The number of likely N-dealkylation sites (N-methyl/N-ethyl adjacent to an activating group) is 1. The minimum absolute atomic E-state index is 0.00848. The van der Waals surface area contributed by atoms with Crippen LogP contribution in [-0.4, -0.2) is 79.4 Å². The van der Waals surface area contributed by atoms with Crippen molar-refractivity contribution < 1.29 is 9.59 Å². The van der Waals surface area contributed by atoms with E-state index >= 15 is 0 Å². The van der Waals surface area contributed by atoms with Crippen LogP contribution in [0.5, 0.6) is 0 Å². The number of guanidine groups is 1. The number of hydrogen-bond acceptors (Lipinski definition) is 4. The van der Waals surface area contributed by atoms with Crippen molar-refractivity contribution in [3.63, 3.8) is 0 Å². The monoisotopic (exact) mass is 402 g/mol. The van der Waals surface area contributed by atoms with Crippen molar-refractivity contribution in [1.29, 1.82) is 0 Å². The Hall–Kier alpha value is -2.64. The summed E-state index contributed by atoms with van der Waals surface area (Å²) >= 11 is 0. The molecule has 1 fully saturated rings. The predicted molar refractivity (Wildman–Crippen MR) is 115 cm³/mol. The Bertz CT molecular complexity index is 671. The minimum Gasteiger partial charge on any atom is -0.359 e. The van der Waals surface area contributed by atoms with E-state index in [0.717, 1.165) is 50.6 Å². The quantitative estimate of drug-likeness (QED) is 0.498. The summed E-state index contributed by atoms with van der Waals surface area (Å²) in [7, 11) is 3.48. The second kappa shape index (κ2) is 12.0. The number of likely N-dealkylation sites (tertiary alicyclic amines) is 1. The molecule has 0 unspecified atom stereocenters. The third kappa shape index (κ3) is 7.71. The summed E-state index contributed by atoms with van der Waals surface area (Å²) < 4.78 is 0. The van der Waals surface area contributed by atoms with E-state index in [1.165, 1.54) is 0 Å². The van der Waals surface area contributed by atoms with Crippen LogP contribution in [0.25, 0.3) is 0 Å². The molecule has 1 aromatic rings. The summed E-state index contributed by atoms with van der Waals surface area (Å²) in [6, 6.07) is 5.80. The molecule has 0 aliphatic carbocycles. The molecule has 1 aliphatic heterocycles. The number of hydrogen-bond donors (Lipinski definition) is 2. The minimum atomic E-state index is -0.00848. The van der Waals surface area contributed by atoms with Crippen molar-refractivity contribution >= 4 is 17.8 Å². The molecule has 160 valence electrons. The number of rotatable bonds is 8. The number of nitrogens with zero attached hydrogens (tertiary/aromatic N) is 4. The van der Waals surface area contributed by atoms with Crippen LogP contribution in [0.15, 0.2) is 29.4 Å². The fraction of sp³-hybridized carbons (Fsp3) is 0.619. The van der Waals surface area contributed by atoms with Crippen LogP contribution < -0.4 is 10.6 Å². The van der Waals surface area contributed by atoms with Gasteiger partial charge in [-0.2, -0.15) is 0 Å². The normalized spacial score (nSPS) is 15.1. The number of carbonyl (C=O) groups is 2. The van der Waals surface area contributed by atoms with Gasteiger partial charge in [-0.1, -0.05) is 6.07 Å². The molecule has 0 aromatic carbocycles. The van der Waals surface area contributed by atoms with Crippen molar-refractivity contribution in [2.24, 2.45) is 10.9 Å². The summed E-state index contributed by atoms with van der Waals surface area (Å²) in [5.74, 6) is 1.28. The largest absolute Gasteiger partial charge is 0.359 e. The first-order valence-corrected chi connectivity index (χ1v) is 10.4. The van der Waals surface area contributed by atoms with Gasteiger partial charge < -0.3 is 20.4 Å². The van der Waals surface area contributed by atoms with Gasteiger partial charge in [0.2, 0.25) is 11.8 Å². The summed E-state index contributed by atoms with van der Waals surface area (Å²) in [6.45, 7) is 5.20. The molecule has 1 aliphatic rings. The number of aliphatic imine (C=N–C) groups is 1. The van der Waals surface area contributed by atoms with E-state index in [2.05, 4.69) is 25.5 Å². The highest BCUT2D eigenvalue weighted by atomic mass is 16.2. The molecule has 2 heterocycles. The number of nitrogens with one attached hydrogen (secondary N) is 2. The first-order chi connectivity index (χ1) is 14.0. The van der Waals surface area contributed by atoms with Gasteiger partial charge >= 0.3 is 0 Å². The average molecular weight is 403 g/mol. The predicted octanol–water partition coefficient (Wildman–Crippen LogP) is 0.896. The summed E-state index contributed by atoms with van der Waals surface area (Å²) in [6.07, 6.45) is 4.98. The molecule has 0 bridgehead atoms. The maximum atomic E-state index is 12.5. The molecule has 8 nitrogen and oxygen atoms in total. The van der Waals surface area contributed by atoms with Crippen LogP contribution in [0.3, 0.4) is 0 Å². The van der Waals surface area contributed by atoms with E-state index in [4.69, 9.17) is 0 Å². The smallest absolute Gasteiger partial charge is 0.244 e. The SMILES string of the molecule is CCNC(=NCC(=O)N(C)CCc1ccccn1)N1CCC(CC(=O)NC)CC1. The van der Waals surface area contributed by atoms with Crippen molar-refractivity contribution in [2.75, 3.05) is 46.8 Å². The third-order valence-corrected chi connectivity index (χ3v) is 5.22. The lowest BCUT2D eigenvalue weighted by Gasteiger charge is -2.34. The molecule has 8 heteroatoms. The Morgan fingerprint density at radius 1 is 1.31 bits per heavy atom. The van der Waals surface area contributed by atoms with Gasteiger partial charge in [-0.3, -0.25) is 14.6 Å². The molecule has 2 rings (SSSR count). The molecular weight excluding hydrogens is 368 g/mol. The van der Waals surface area contributed by atoms with Gasteiger partial charge in [-0.05, 0) is 37.8 Å². The van der Waals surface area contributed by atoms with Crippen LogP contribution in [0.4, 0.5) is 0 Å². The Morgan fingerprint density at radius 2 is 2.07 bits per heavy atom. The van der Waals surface area contributed by atoms with E-state index in [1.54, 1.807) is 25.2 Å². The summed E-state index contributed by atoms with van der Waals surface area (Å²) in [4.78, 5) is 36.8. The van der Waals surface area contributed by atoms with Crippen LogP contribution in [0, 0.1) is 5.92 Å². The lowest BCUT2D eigenvalue weighted by Crippen LogP contribution is -2.46. The van der Waals surface area contributed by atoms with Gasteiger partial charge in [0.1, 0.15) is 6.54 Å². The van der Waals surface area contributed by atoms with Gasteiger partial charge in [0, 0.05) is 65.0 Å². The molecule has 0 radical (unpaired) electrons. The number of piperidine rings is 1. The molecule has 29 heavy (non-hydrogen) atoms. The maximum absolute atomic E-state index is 12.5. The number of aromatic nitrogens is 1. The molecule has 2 N–H and O–H groups in total. The average Bonchev–Trinajstić information content (AvgIpc) is 2.76. The van der Waals surface area contributed by atoms with Gasteiger partial charge in [-0.15, -0.1) is 0 Å². The summed E-state index contributed by atoms with van der Waals surface area (Å²) in [5.41, 5.74) is 0.976. The molecule has 1 saturated heterocycles. The van der Waals surface area contributed by atoms with Crippen molar-refractivity contribution in [3.05, 3.63) is 30.1 Å². The van der Waals surface area contributed by atoms with Crippen molar-refractivity contribution in [1.82, 2.24) is 25.4 Å². The zero-order chi connectivity index (χ0) is 21.1. The van der Waals surface area contributed by atoms with Crippen LogP contribution in [0.2, 0.25) is 0 Å². The Labute approximate surface area is 173 Å². The van der Waals surface area contributed by atoms with Crippen molar-refractivity contribution in [2.45, 2.75) is 32.6 Å². The molecule has 0 saturated carbocycles.